The molecule has 0 unspecified atom stereocenters. The van der Waals surface area contributed by atoms with Gasteiger partial charge in [-0.2, -0.15) is 0 Å². The summed E-state index contributed by atoms with van der Waals surface area (Å²) in [6, 6.07) is 3.58. The fourth-order valence-corrected chi connectivity index (χ4v) is 3.32. The van der Waals surface area contributed by atoms with Crippen LogP contribution in [0.4, 0.5) is 0 Å². The van der Waals surface area contributed by atoms with E-state index in [0.717, 1.165) is 21.3 Å². The summed E-state index contributed by atoms with van der Waals surface area (Å²) in [6.45, 7) is 5.56. The number of carbonyl (C=O) groups is 1. The summed E-state index contributed by atoms with van der Waals surface area (Å²) in [5.74, 6) is 0.828. The molecule has 1 aliphatic heterocycles. The Hall–Kier alpha value is -1.99. The number of aromatic amines is 1. The number of aromatic nitrogens is 1. The number of fused-ring (bicyclic) bond motifs is 1. The first-order chi connectivity index (χ1) is 11.4. The smallest absolute Gasteiger partial charge is 0.355 e. The molecule has 2 aromatic rings. The van der Waals surface area contributed by atoms with Gasteiger partial charge < -0.3 is 24.3 Å². The highest BCUT2D eigenvalue weighted by Crippen LogP contribution is 2.37. The maximum Gasteiger partial charge on any atom is 0.355 e. The number of H-pyrrole nitrogens is 1. The van der Waals surface area contributed by atoms with Gasteiger partial charge in [-0.3, -0.25) is 0 Å². The van der Waals surface area contributed by atoms with Crippen molar-refractivity contribution in [3.8, 4) is 11.5 Å². The van der Waals surface area contributed by atoms with Crippen LogP contribution in [0.2, 0.25) is 0 Å². The second-order valence-corrected chi connectivity index (χ2v) is 6.57. The summed E-state index contributed by atoms with van der Waals surface area (Å²) in [5, 5.41) is 9.81. The number of hydrogen-bond acceptors (Lipinski definition) is 5. The molecule has 0 bridgehead atoms. The zero-order valence-electron chi connectivity index (χ0n) is 13.6. The van der Waals surface area contributed by atoms with Gasteiger partial charge in [-0.15, -0.1) is 0 Å². The second kappa shape index (κ2) is 6.49. The highest BCUT2D eigenvalue weighted by atomic mass is 79.9. The standard InChI is InChI=1S/C17H18BrNO5/c1-8-15(10(3)20)9(2)19-16(8)17(21)22-6-11-4-13-14(5-12(11)18)24-7-23-13/h4-5,10,19-20H,6-7H2,1-3H3/t10-/m1/s1. The lowest BCUT2D eigenvalue weighted by molar-refractivity contribution is 0.0464. The molecule has 0 amide bonds. The van der Waals surface area contributed by atoms with Crippen LogP contribution in [-0.4, -0.2) is 22.9 Å². The summed E-state index contributed by atoms with van der Waals surface area (Å²) in [6.07, 6.45) is -0.647. The van der Waals surface area contributed by atoms with Gasteiger partial charge in [0.1, 0.15) is 12.3 Å². The van der Waals surface area contributed by atoms with Crippen molar-refractivity contribution in [2.24, 2.45) is 0 Å². The van der Waals surface area contributed by atoms with Gasteiger partial charge in [0.15, 0.2) is 11.5 Å². The van der Waals surface area contributed by atoms with E-state index in [9.17, 15) is 9.90 Å². The molecule has 2 N–H and O–H groups in total. The Morgan fingerprint density at radius 1 is 1.38 bits per heavy atom. The van der Waals surface area contributed by atoms with E-state index < -0.39 is 12.1 Å². The summed E-state index contributed by atoms with van der Waals surface area (Å²) in [5.41, 5.74) is 3.34. The maximum absolute atomic E-state index is 12.4. The van der Waals surface area contributed by atoms with Crippen LogP contribution < -0.4 is 9.47 Å². The predicted octanol–water partition coefficient (Wildman–Crippen LogP) is 3.53. The van der Waals surface area contributed by atoms with Crippen LogP contribution in [0.15, 0.2) is 16.6 Å². The first-order valence-electron chi connectivity index (χ1n) is 7.50. The van der Waals surface area contributed by atoms with E-state index in [1.807, 2.05) is 6.92 Å². The van der Waals surface area contributed by atoms with Crippen molar-refractivity contribution in [2.75, 3.05) is 6.79 Å². The minimum atomic E-state index is -0.647. The highest BCUT2D eigenvalue weighted by Gasteiger charge is 2.22. The molecule has 0 aliphatic carbocycles. The molecule has 6 nitrogen and oxygen atoms in total. The van der Waals surface area contributed by atoms with Crippen LogP contribution in [0.5, 0.6) is 11.5 Å². The van der Waals surface area contributed by atoms with Gasteiger partial charge in [0.25, 0.3) is 0 Å². The van der Waals surface area contributed by atoms with Crippen LogP contribution in [0.1, 0.15) is 45.9 Å². The molecule has 0 fully saturated rings. The Morgan fingerprint density at radius 3 is 2.67 bits per heavy atom. The van der Waals surface area contributed by atoms with Crippen LogP contribution in [0.25, 0.3) is 0 Å². The van der Waals surface area contributed by atoms with Crippen molar-refractivity contribution in [3.05, 3.63) is 44.7 Å². The van der Waals surface area contributed by atoms with Crippen LogP contribution in [0.3, 0.4) is 0 Å². The zero-order valence-corrected chi connectivity index (χ0v) is 15.2. The Kier molecular flexibility index (Phi) is 4.56. The van der Waals surface area contributed by atoms with Crippen LogP contribution >= 0.6 is 15.9 Å². The Morgan fingerprint density at radius 2 is 2.04 bits per heavy atom. The molecule has 128 valence electrons. The fourth-order valence-electron chi connectivity index (χ4n) is 2.88. The number of aryl methyl sites for hydroxylation is 1. The number of benzene rings is 1. The van der Waals surface area contributed by atoms with E-state index >= 15 is 0 Å². The van der Waals surface area contributed by atoms with Crippen molar-refractivity contribution >= 4 is 21.9 Å². The third kappa shape index (κ3) is 3.01. The minimum Gasteiger partial charge on any atom is -0.456 e. The van der Waals surface area contributed by atoms with E-state index in [1.54, 1.807) is 26.0 Å². The van der Waals surface area contributed by atoms with E-state index in [4.69, 9.17) is 14.2 Å². The predicted molar refractivity (Wildman–Crippen MR) is 90.3 cm³/mol. The molecule has 0 radical (unpaired) electrons. The lowest BCUT2D eigenvalue weighted by atomic mass is 10.1. The normalized spacial score (nSPS) is 13.9. The summed E-state index contributed by atoms with van der Waals surface area (Å²) >= 11 is 3.44. The maximum atomic E-state index is 12.4. The van der Waals surface area contributed by atoms with Gasteiger partial charge in [-0.1, -0.05) is 15.9 Å². The van der Waals surface area contributed by atoms with Crippen LogP contribution in [-0.2, 0) is 11.3 Å². The van der Waals surface area contributed by atoms with Crippen LogP contribution in [0, 0.1) is 13.8 Å². The number of halogens is 1. The third-order valence-corrected chi connectivity index (χ3v) is 4.76. The van der Waals surface area contributed by atoms with E-state index in [1.165, 1.54) is 0 Å². The Bertz CT molecular complexity index is 797. The molecule has 1 aromatic carbocycles. The number of carbonyl (C=O) groups excluding carboxylic acids is 1. The molecule has 7 heteroatoms. The van der Waals surface area contributed by atoms with E-state index in [-0.39, 0.29) is 13.4 Å². The minimum absolute atomic E-state index is 0.0948. The van der Waals surface area contributed by atoms with Crippen molar-refractivity contribution < 1.29 is 24.1 Å². The summed E-state index contributed by atoms with van der Waals surface area (Å²) in [7, 11) is 0. The summed E-state index contributed by atoms with van der Waals surface area (Å²) in [4.78, 5) is 15.4. The quantitative estimate of drug-likeness (QED) is 0.773. The number of ether oxygens (including phenoxy) is 3. The third-order valence-electron chi connectivity index (χ3n) is 4.02. The number of aliphatic hydroxyl groups is 1. The molecule has 0 saturated heterocycles. The summed E-state index contributed by atoms with van der Waals surface area (Å²) < 4.78 is 16.8. The number of rotatable bonds is 4. The molecular formula is C17H18BrNO5. The van der Waals surface area contributed by atoms with Gasteiger partial charge in [0.2, 0.25) is 6.79 Å². The average molecular weight is 396 g/mol. The molecule has 0 spiro atoms. The molecule has 24 heavy (non-hydrogen) atoms. The molecule has 3 rings (SSSR count). The van der Waals surface area contributed by atoms with Crippen molar-refractivity contribution in [2.45, 2.75) is 33.5 Å². The first-order valence-corrected chi connectivity index (χ1v) is 8.30. The lowest BCUT2D eigenvalue weighted by Gasteiger charge is -2.08. The van der Waals surface area contributed by atoms with Crippen molar-refractivity contribution in [3.63, 3.8) is 0 Å². The average Bonchev–Trinajstić information content (AvgIpc) is 3.07. The molecular weight excluding hydrogens is 378 g/mol. The van der Waals surface area contributed by atoms with E-state index in [2.05, 4.69) is 20.9 Å². The van der Waals surface area contributed by atoms with Gasteiger partial charge >= 0.3 is 5.97 Å². The van der Waals surface area contributed by atoms with Gasteiger partial charge in [0.05, 0.1) is 6.10 Å². The van der Waals surface area contributed by atoms with E-state index in [0.29, 0.717) is 22.8 Å². The number of aliphatic hydroxyl groups excluding tert-OH is 1. The lowest BCUT2D eigenvalue weighted by Crippen LogP contribution is -2.08. The SMILES string of the molecule is Cc1[nH]c(C(=O)OCc2cc3c(cc2Br)OCO3)c(C)c1[C@@H](C)O. The molecule has 1 atom stereocenters. The van der Waals surface area contributed by atoms with Crippen molar-refractivity contribution in [1.29, 1.82) is 0 Å². The fraction of sp³-hybridized carbons (Fsp3) is 0.353. The Balaban J connectivity index is 1.76. The van der Waals surface area contributed by atoms with Crippen molar-refractivity contribution in [1.82, 2.24) is 4.98 Å². The highest BCUT2D eigenvalue weighted by molar-refractivity contribution is 9.10. The monoisotopic (exact) mass is 395 g/mol. The molecule has 0 saturated carbocycles. The largest absolute Gasteiger partial charge is 0.456 e. The van der Waals surface area contributed by atoms with Gasteiger partial charge in [-0.25, -0.2) is 4.79 Å². The topological polar surface area (TPSA) is 80.8 Å². The zero-order chi connectivity index (χ0) is 17.4. The van der Waals surface area contributed by atoms with Gasteiger partial charge in [0, 0.05) is 21.3 Å². The number of nitrogens with one attached hydrogen (secondary N) is 1. The molecule has 1 aliphatic rings. The second-order valence-electron chi connectivity index (χ2n) is 5.71. The molecule has 2 heterocycles. The Labute approximate surface area is 147 Å². The number of hydrogen-bond donors (Lipinski definition) is 2. The first kappa shape index (κ1) is 16.9. The molecule has 1 aromatic heterocycles. The van der Waals surface area contributed by atoms with Gasteiger partial charge in [-0.05, 0) is 38.5 Å². The number of esters is 1.